The fraction of sp³-hybridized carbons (Fsp3) is 0.615. The summed E-state index contributed by atoms with van der Waals surface area (Å²) in [4.78, 5) is 4.27. The Kier molecular flexibility index (Phi) is 3.03. The maximum absolute atomic E-state index is 5.61. The SMILES string of the molecule is CC1(C)CCC(Nc2ccc(N)cn2)CC1. The summed E-state index contributed by atoms with van der Waals surface area (Å²) in [7, 11) is 0. The van der Waals surface area contributed by atoms with Crippen LogP contribution in [0, 0.1) is 5.41 Å². The minimum Gasteiger partial charge on any atom is -0.397 e. The third-order valence-electron chi connectivity index (χ3n) is 3.48. The highest BCUT2D eigenvalue weighted by Gasteiger charge is 2.26. The van der Waals surface area contributed by atoms with Gasteiger partial charge in [0.1, 0.15) is 5.82 Å². The van der Waals surface area contributed by atoms with E-state index in [9.17, 15) is 0 Å². The maximum atomic E-state index is 5.61. The van der Waals surface area contributed by atoms with Crippen molar-refractivity contribution in [1.82, 2.24) is 4.98 Å². The summed E-state index contributed by atoms with van der Waals surface area (Å²) in [6.45, 7) is 4.70. The molecule has 0 bridgehead atoms. The highest BCUT2D eigenvalue weighted by Crippen LogP contribution is 2.35. The van der Waals surface area contributed by atoms with E-state index in [1.54, 1.807) is 6.20 Å². The van der Waals surface area contributed by atoms with E-state index in [4.69, 9.17) is 5.73 Å². The first kappa shape index (κ1) is 11.2. The van der Waals surface area contributed by atoms with Crippen LogP contribution in [0.15, 0.2) is 18.3 Å². The molecule has 88 valence electrons. The molecule has 1 fully saturated rings. The van der Waals surface area contributed by atoms with Crippen molar-refractivity contribution in [3.8, 4) is 0 Å². The van der Waals surface area contributed by atoms with Crippen LogP contribution < -0.4 is 11.1 Å². The van der Waals surface area contributed by atoms with Crippen LogP contribution in [0.2, 0.25) is 0 Å². The summed E-state index contributed by atoms with van der Waals surface area (Å²) >= 11 is 0. The molecule has 2 rings (SSSR count). The molecule has 0 unspecified atom stereocenters. The number of nitrogens with zero attached hydrogens (tertiary/aromatic N) is 1. The molecule has 1 aromatic rings. The summed E-state index contributed by atoms with van der Waals surface area (Å²) in [5.74, 6) is 0.943. The number of hydrogen-bond acceptors (Lipinski definition) is 3. The van der Waals surface area contributed by atoms with Gasteiger partial charge in [0.05, 0.1) is 11.9 Å². The smallest absolute Gasteiger partial charge is 0.126 e. The molecule has 16 heavy (non-hydrogen) atoms. The first-order valence-electron chi connectivity index (χ1n) is 6.03. The zero-order chi connectivity index (χ0) is 11.6. The Balaban J connectivity index is 1.89. The molecule has 1 saturated carbocycles. The predicted octanol–water partition coefficient (Wildman–Crippen LogP) is 3.04. The minimum absolute atomic E-state index is 0.521. The van der Waals surface area contributed by atoms with Crippen molar-refractivity contribution in [3.05, 3.63) is 18.3 Å². The molecule has 1 heterocycles. The molecule has 1 aromatic heterocycles. The lowest BCUT2D eigenvalue weighted by molar-refractivity contribution is 0.232. The quantitative estimate of drug-likeness (QED) is 0.803. The van der Waals surface area contributed by atoms with Crippen molar-refractivity contribution in [3.63, 3.8) is 0 Å². The molecule has 1 aliphatic rings. The summed E-state index contributed by atoms with van der Waals surface area (Å²) < 4.78 is 0. The van der Waals surface area contributed by atoms with Gasteiger partial charge in [-0.25, -0.2) is 4.98 Å². The second-order valence-corrected chi connectivity index (χ2v) is 5.56. The van der Waals surface area contributed by atoms with Crippen molar-refractivity contribution in [2.45, 2.75) is 45.6 Å². The summed E-state index contributed by atoms with van der Waals surface area (Å²) in [5, 5.41) is 3.48. The van der Waals surface area contributed by atoms with Crippen LogP contribution in [-0.4, -0.2) is 11.0 Å². The predicted molar refractivity (Wildman–Crippen MR) is 68.3 cm³/mol. The van der Waals surface area contributed by atoms with Gasteiger partial charge < -0.3 is 11.1 Å². The number of nitrogens with one attached hydrogen (secondary N) is 1. The van der Waals surface area contributed by atoms with Crippen molar-refractivity contribution in [2.24, 2.45) is 5.41 Å². The standard InChI is InChI=1S/C13H21N3/c1-13(2)7-5-11(6-8-13)16-12-4-3-10(14)9-15-12/h3-4,9,11H,5-8,14H2,1-2H3,(H,15,16). The molecule has 0 radical (unpaired) electrons. The highest BCUT2D eigenvalue weighted by atomic mass is 15.0. The van der Waals surface area contributed by atoms with Gasteiger partial charge >= 0.3 is 0 Å². The summed E-state index contributed by atoms with van der Waals surface area (Å²) in [6, 6.07) is 4.42. The van der Waals surface area contributed by atoms with Gasteiger partial charge in [0.15, 0.2) is 0 Å². The zero-order valence-corrected chi connectivity index (χ0v) is 10.2. The maximum Gasteiger partial charge on any atom is 0.126 e. The first-order chi connectivity index (χ1) is 7.55. The molecule has 0 aromatic carbocycles. The lowest BCUT2D eigenvalue weighted by Gasteiger charge is -2.34. The molecule has 0 saturated heterocycles. The molecule has 0 amide bonds. The summed E-state index contributed by atoms with van der Waals surface area (Å²) in [5.41, 5.74) is 6.84. The second-order valence-electron chi connectivity index (χ2n) is 5.56. The average molecular weight is 219 g/mol. The van der Waals surface area contributed by atoms with Gasteiger partial charge in [-0.2, -0.15) is 0 Å². The van der Waals surface area contributed by atoms with Crippen molar-refractivity contribution in [1.29, 1.82) is 0 Å². The van der Waals surface area contributed by atoms with Crippen LogP contribution in [0.25, 0.3) is 0 Å². The monoisotopic (exact) mass is 219 g/mol. The molecular formula is C13H21N3. The van der Waals surface area contributed by atoms with E-state index in [2.05, 4.69) is 24.1 Å². The van der Waals surface area contributed by atoms with Gasteiger partial charge in [-0.1, -0.05) is 13.8 Å². The van der Waals surface area contributed by atoms with Gasteiger partial charge in [0.25, 0.3) is 0 Å². The second kappa shape index (κ2) is 4.32. The topological polar surface area (TPSA) is 50.9 Å². The lowest BCUT2D eigenvalue weighted by Crippen LogP contribution is -2.30. The number of hydrogen-bond donors (Lipinski definition) is 2. The van der Waals surface area contributed by atoms with Crippen molar-refractivity contribution >= 4 is 11.5 Å². The lowest BCUT2D eigenvalue weighted by atomic mass is 9.75. The molecule has 3 N–H and O–H groups in total. The van der Waals surface area contributed by atoms with Crippen LogP contribution in [0.4, 0.5) is 11.5 Å². The third-order valence-corrected chi connectivity index (χ3v) is 3.48. The van der Waals surface area contributed by atoms with Gasteiger partial charge in [-0.3, -0.25) is 0 Å². The number of pyridine rings is 1. The van der Waals surface area contributed by atoms with E-state index in [0.717, 1.165) is 11.5 Å². The third kappa shape index (κ3) is 2.87. The van der Waals surface area contributed by atoms with E-state index in [-0.39, 0.29) is 0 Å². The fourth-order valence-corrected chi connectivity index (χ4v) is 2.24. The molecular weight excluding hydrogens is 198 g/mol. The van der Waals surface area contributed by atoms with E-state index in [1.807, 2.05) is 12.1 Å². The van der Waals surface area contributed by atoms with Crippen molar-refractivity contribution in [2.75, 3.05) is 11.1 Å². The number of rotatable bonds is 2. The van der Waals surface area contributed by atoms with Gasteiger partial charge in [-0.15, -0.1) is 0 Å². The van der Waals surface area contributed by atoms with E-state index in [0.29, 0.717) is 11.5 Å². The van der Waals surface area contributed by atoms with Gasteiger partial charge in [-0.05, 0) is 43.2 Å². The van der Waals surface area contributed by atoms with Crippen LogP contribution in [0.1, 0.15) is 39.5 Å². The highest BCUT2D eigenvalue weighted by molar-refractivity contribution is 5.44. The number of aromatic nitrogens is 1. The van der Waals surface area contributed by atoms with Crippen molar-refractivity contribution < 1.29 is 0 Å². The Hall–Kier alpha value is -1.25. The molecule has 3 heteroatoms. The molecule has 3 nitrogen and oxygen atoms in total. The molecule has 0 spiro atoms. The average Bonchev–Trinajstić information content (AvgIpc) is 2.24. The van der Waals surface area contributed by atoms with E-state index >= 15 is 0 Å². The van der Waals surface area contributed by atoms with E-state index in [1.165, 1.54) is 25.7 Å². The molecule has 0 atom stereocenters. The largest absolute Gasteiger partial charge is 0.397 e. The minimum atomic E-state index is 0.521. The number of anilines is 2. The zero-order valence-electron chi connectivity index (χ0n) is 10.2. The molecule has 1 aliphatic carbocycles. The Labute approximate surface area is 97.5 Å². The Morgan fingerprint density at radius 1 is 1.31 bits per heavy atom. The van der Waals surface area contributed by atoms with Gasteiger partial charge in [0.2, 0.25) is 0 Å². The Morgan fingerprint density at radius 3 is 2.56 bits per heavy atom. The first-order valence-corrected chi connectivity index (χ1v) is 6.03. The van der Waals surface area contributed by atoms with Crippen LogP contribution >= 0.6 is 0 Å². The Bertz CT molecular complexity index is 333. The van der Waals surface area contributed by atoms with Gasteiger partial charge in [0, 0.05) is 6.04 Å². The van der Waals surface area contributed by atoms with Crippen LogP contribution in [0.3, 0.4) is 0 Å². The summed E-state index contributed by atoms with van der Waals surface area (Å²) in [6.07, 6.45) is 6.76. The van der Waals surface area contributed by atoms with Crippen LogP contribution in [0.5, 0.6) is 0 Å². The normalized spacial score (nSPS) is 20.6. The number of nitrogen functional groups attached to an aromatic ring is 1. The Morgan fingerprint density at radius 2 is 2.00 bits per heavy atom. The fourth-order valence-electron chi connectivity index (χ4n) is 2.24. The van der Waals surface area contributed by atoms with E-state index < -0.39 is 0 Å². The number of nitrogens with two attached hydrogens (primary N) is 1. The molecule has 0 aliphatic heterocycles. The van der Waals surface area contributed by atoms with Crippen LogP contribution in [-0.2, 0) is 0 Å².